The van der Waals surface area contributed by atoms with Crippen LogP contribution in [0.25, 0.3) is 0 Å². The number of allylic oxidation sites excluding steroid dienone is 1. The smallest absolute Gasteiger partial charge is 0.257 e. The van der Waals surface area contributed by atoms with Crippen molar-refractivity contribution in [3.05, 3.63) is 55.1 Å². The van der Waals surface area contributed by atoms with Gasteiger partial charge in [-0.15, -0.1) is 6.58 Å². The molecule has 2 rings (SSSR count). The lowest BCUT2D eigenvalue weighted by atomic mass is 10.1. The fraction of sp³-hybridized carbons (Fsp3) is 0.333. The van der Waals surface area contributed by atoms with Gasteiger partial charge in [0.2, 0.25) is 0 Å². The van der Waals surface area contributed by atoms with Crippen LogP contribution in [0, 0.1) is 0 Å². The van der Waals surface area contributed by atoms with Crippen LogP contribution in [0.4, 0.5) is 0 Å². The minimum Gasteiger partial charge on any atom is -0.493 e. The highest BCUT2D eigenvalue weighted by Gasteiger charge is 2.08. The molecule has 1 aromatic carbocycles. The number of methoxy groups -OCH3 is 1. The molecule has 1 amide bonds. The maximum absolute atomic E-state index is 11.8. The number of hydrogen-bond acceptors (Lipinski definition) is 4. The van der Waals surface area contributed by atoms with Crippen molar-refractivity contribution in [2.24, 2.45) is 0 Å². The molecule has 0 atom stereocenters. The maximum atomic E-state index is 11.8. The van der Waals surface area contributed by atoms with E-state index in [9.17, 15) is 4.79 Å². The van der Waals surface area contributed by atoms with E-state index in [-0.39, 0.29) is 12.5 Å². The van der Waals surface area contributed by atoms with Crippen LogP contribution in [0.15, 0.2) is 49.6 Å². The van der Waals surface area contributed by atoms with Gasteiger partial charge in [0.05, 0.1) is 13.4 Å². The Bertz CT molecular complexity index is 654. The summed E-state index contributed by atoms with van der Waals surface area (Å²) in [6.07, 6.45) is 8.81. The van der Waals surface area contributed by atoms with Gasteiger partial charge in [-0.05, 0) is 30.5 Å². The molecule has 0 saturated heterocycles. The summed E-state index contributed by atoms with van der Waals surface area (Å²) in [6.45, 7) is 5.09. The number of nitrogens with zero attached hydrogens (tertiary/aromatic N) is 2. The first-order valence-electron chi connectivity index (χ1n) is 7.86. The predicted molar refractivity (Wildman–Crippen MR) is 92.2 cm³/mol. The third-order valence-electron chi connectivity index (χ3n) is 3.44. The van der Waals surface area contributed by atoms with Gasteiger partial charge in [0, 0.05) is 25.5 Å². The first kappa shape index (κ1) is 17.6. The minimum atomic E-state index is -0.155. The summed E-state index contributed by atoms with van der Waals surface area (Å²) in [5, 5.41) is 2.83. The summed E-state index contributed by atoms with van der Waals surface area (Å²) < 4.78 is 12.8. The van der Waals surface area contributed by atoms with E-state index in [1.807, 2.05) is 35.0 Å². The lowest BCUT2D eigenvalue weighted by molar-refractivity contribution is -0.123. The Kier molecular flexibility index (Phi) is 6.89. The molecule has 1 N–H and O–H groups in total. The molecular weight excluding hydrogens is 306 g/mol. The molecule has 6 heteroatoms. The first-order valence-corrected chi connectivity index (χ1v) is 7.86. The van der Waals surface area contributed by atoms with Gasteiger partial charge in [-0.2, -0.15) is 0 Å². The molecule has 0 aliphatic rings. The summed E-state index contributed by atoms with van der Waals surface area (Å²) in [7, 11) is 1.58. The van der Waals surface area contributed by atoms with Crippen molar-refractivity contribution in [1.29, 1.82) is 0 Å². The second-order valence-corrected chi connectivity index (χ2v) is 5.27. The van der Waals surface area contributed by atoms with Crippen molar-refractivity contribution in [1.82, 2.24) is 14.9 Å². The Morgan fingerprint density at radius 1 is 1.42 bits per heavy atom. The van der Waals surface area contributed by atoms with E-state index in [1.54, 1.807) is 19.6 Å². The molecule has 0 aliphatic heterocycles. The fourth-order valence-electron chi connectivity index (χ4n) is 2.23. The van der Waals surface area contributed by atoms with Gasteiger partial charge < -0.3 is 19.4 Å². The molecule has 0 saturated carbocycles. The molecule has 0 unspecified atom stereocenters. The fourth-order valence-corrected chi connectivity index (χ4v) is 2.23. The van der Waals surface area contributed by atoms with Crippen molar-refractivity contribution in [2.75, 3.05) is 20.3 Å². The summed E-state index contributed by atoms with van der Waals surface area (Å²) in [5.41, 5.74) is 1.08. The van der Waals surface area contributed by atoms with Gasteiger partial charge in [-0.25, -0.2) is 4.98 Å². The van der Waals surface area contributed by atoms with Crippen molar-refractivity contribution in [2.45, 2.75) is 19.4 Å². The standard InChI is InChI=1S/C18H23N3O3/c1-3-5-15-6-7-16(17(12-15)23-2)24-13-18(22)20-8-4-10-21-11-9-19-14-21/h3,6-7,9,11-12,14H,1,4-5,8,10,13H2,2H3,(H,20,22). The van der Waals surface area contributed by atoms with Crippen LogP contribution in [-0.2, 0) is 17.8 Å². The van der Waals surface area contributed by atoms with E-state index < -0.39 is 0 Å². The van der Waals surface area contributed by atoms with Gasteiger partial charge in [0.15, 0.2) is 18.1 Å². The summed E-state index contributed by atoms with van der Waals surface area (Å²) in [6, 6.07) is 5.63. The van der Waals surface area contributed by atoms with E-state index >= 15 is 0 Å². The number of ether oxygens (including phenoxy) is 2. The molecule has 6 nitrogen and oxygen atoms in total. The van der Waals surface area contributed by atoms with E-state index in [1.165, 1.54) is 0 Å². The van der Waals surface area contributed by atoms with Crippen LogP contribution in [-0.4, -0.2) is 35.7 Å². The third kappa shape index (κ3) is 5.46. The predicted octanol–water partition coefficient (Wildman–Crippen LogP) is 2.21. The van der Waals surface area contributed by atoms with Crippen LogP contribution in [0.3, 0.4) is 0 Å². The van der Waals surface area contributed by atoms with Crippen LogP contribution >= 0.6 is 0 Å². The maximum Gasteiger partial charge on any atom is 0.257 e. The minimum absolute atomic E-state index is 0.0394. The number of aromatic nitrogens is 2. The Labute approximate surface area is 142 Å². The highest BCUT2D eigenvalue weighted by molar-refractivity contribution is 5.77. The average Bonchev–Trinajstić information content (AvgIpc) is 3.11. The van der Waals surface area contributed by atoms with Gasteiger partial charge >= 0.3 is 0 Å². The number of carbonyl (C=O) groups excluding carboxylic acids is 1. The van der Waals surface area contributed by atoms with E-state index in [0.717, 1.165) is 24.9 Å². The molecular formula is C18H23N3O3. The molecule has 0 spiro atoms. The van der Waals surface area contributed by atoms with E-state index in [4.69, 9.17) is 9.47 Å². The average molecular weight is 329 g/mol. The highest BCUT2D eigenvalue weighted by Crippen LogP contribution is 2.28. The molecule has 128 valence electrons. The monoisotopic (exact) mass is 329 g/mol. The molecule has 2 aromatic rings. The second-order valence-electron chi connectivity index (χ2n) is 5.27. The van der Waals surface area contributed by atoms with Crippen molar-refractivity contribution >= 4 is 5.91 Å². The Morgan fingerprint density at radius 3 is 3.00 bits per heavy atom. The third-order valence-corrected chi connectivity index (χ3v) is 3.44. The quantitative estimate of drug-likeness (QED) is 0.536. The van der Waals surface area contributed by atoms with Crippen LogP contribution in [0.5, 0.6) is 11.5 Å². The summed E-state index contributed by atoms with van der Waals surface area (Å²) in [4.78, 5) is 15.8. The highest BCUT2D eigenvalue weighted by atomic mass is 16.5. The number of rotatable bonds is 10. The zero-order chi connectivity index (χ0) is 17.2. The van der Waals surface area contributed by atoms with Crippen molar-refractivity contribution < 1.29 is 14.3 Å². The van der Waals surface area contributed by atoms with E-state index in [0.29, 0.717) is 18.0 Å². The molecule has 1 aromatic heterocycles. The van der Waals surface area contributed by atoms with Gasteiger partial charge in [0.25, 0.3) is 5.91 Å². The molecule has 1 heterocycles. The summed E-state index contributed by atoms with van der Waals surface area (Å²) in [5.74, 6) is 1.01. The number of imidazole rings is 1. The van der Waals surface area contributed by atoms with Crippen LogP contribution in [0.1, 0.15) is 12.0 Å². The number of amides is 1. The van der Waals surface area contributed by atoms with Crippen LogP contribution < -0.4 is 14.8 Å². The molecule has 0 aliphatic carbocycles. The molecule has 0 fully saturated rings. The largest absolute Gasteiger partial charge is 0.493 e. The number of hydrogen-bond donors (Lipinski definition) is 1. The topological polar surface area (TPSA) is 65.4 Å². The zero-order valence-corrected chi connectivity index (χ0v) is 13.9. The molecule has 0 bridgehead atoms. The SMILES string of the molecule is C=CCc1ccc(OCC(=O)NCCCn2ccnc2)c(OC)c1. The number of benzene rings is 1. The Balaban J connectivity index is 1.73. The van der Waals surface area contributed by atoms with E-state index in [2.05, 4.69) is 16.9 Å². The normalized spacial score (nSPS) is 10.2. The number of nitrogens with one attached hydrogen (secondary N) is 1. The Morgan fingerprint density at radius 2 is 2.29 bits per heavy atom. The lowest BCUT2D eigenvalue weighted by Gasteiger charge is -2.12. The summed E-state index contributed by atoms with van der Waals surface area (Å²) >= 11 is 0. The number of aryl methyl sites for hydroxylation is 1. The van der Waals surface area contributed by atoms with Gasteiger partial charge in [0.1, 0.15) is 0 Å². The molecule has 0 radical (unpaired) electrons. The van der Waals surface area contributed by atoms with Crippen LogP contribution in [0.2, 0.25) is 0 Å². The second kappa shape index (κ2) is 9.39. The Hall–Kier alpha value is -2.76. The van der Waals surface area contributed by atoms with Gasteiger partial charge in [-0.1, -0.05) is 12.1 Å². The first-order chi connectivity index (χ1) is 11.7. The molecule has 24 heavy (non-hydrogen) atoms. The van der Waals surface area contributed by atoms with Gasteiger partial charge in [-0.3, -0.25) is 4.79 Å². The lowest BCUT2D eigenvalue weighted by Crippen LogP contribution is -2.30. The van der Waals surface area contributed by atoms with Crippen molar-refractivity contribution in [3.63, 3.8) is 0 Å². The van der Waals surface area contributed by atoms with Crippen molar-refractivity contribution in [3.8, 4) is 11.5 Å². The zero-order valence-electron chi connectivity index (χ0n) is 13.9. The number of carbonyl (C=O) groups is 1.